The van der Waals surface area contributed by atoms with Crippen molar-refractivity contribution in [3.05, 3.63) is 48.3 Å². The predicted octanol–water partition coefficient (Wildman–Crippen LogP) is 1.07. The van der Waals surface area contributed by atoms with Crippen LogP contribution in [-0.2, 0) is 0 Å². The summed E-state index contributed by atoms with van der Waals surface area (Å²) >= 11 is 0. The van der Waals surface area contributed by atoms with Gasteiger partial charge in [-0.1, -0.05) is 18.2 Å². The van der Waals surface area contributed by atoms with Crippen LogP contribution in [0.4, 0.5) is 16.4 Å². The van der Waals surface area contributed by atoms with Crippen molar-refractivity contribution >= 4 is 23.6 Å². The first-order chi connectivity index (χ1) is 12.1. The molecule has 3 amide bonds. The highest BCUT2D eigenvalue weighted by atomic mass is 16.2. The average molecular weight is 338 g/mol. The van der Waals surface area contributed by atoms with Crippen molar-refractivity contribution in [1.82, 2.24) is 25.1 Å². The van der Waals surface area contributed by atoms with Crippen LogP contribution in [0.15, 0.2) is 42.7 Å². The lowest BCUT2D eigenvalue weighted by Crippen LogP contribution is -2.70. The number of hydrogen-bond acceptors (Lipinski definition) is 5. The third kappa shape index (κ3) is 2.65. The first kappa shape index (κ1) is 15.4. The Morgan fingerprint density at radius 1 is 1.20 bits per heavy atom. The molecule has 0 bridgehead atoms. The number of para-hydroxylation sites is 1. The van der Waals surface area contributed by atoms with E-state index in [-0.39, 0.29) is 17.5 Å². The van der Waals surface area contributed by atoms with Gasteiger partial charge in [0, 0.05) is 44.8 Å². The molecule has 128 valence electrons. The van der Waals surface area contributed by atoms with Crippen LogP contribution in [0.5, 0.6) is 0 Å². The molecule has 2 N–H and O–H groups in total. The van der Waals surface area contributed by atoms with Gasteiger partial charge in [-0.2, -0.15) is 0 Å². The molecule has 0 atom stereocenters. The molecular formula is C17H18N6O2. The first-order valence-electron chi connectivity index (χ1n) is 8.02. The number of nitrogens with zero attached hydrogens (tertiary/aromatic N) is 4. The molecule has 1 spiro atoms. The molecule has 25 heavy (non-hydrogen) atoms. The summed E-state index contributed by atoms with van der Waals surface area (Å²) in [5, 5.41) is 5.89. The molecule has 1 aromatic carbocycles. The number of rotatable bonds is 3. The van der Waals surface area contributed by atoms with Crippen molar-refractivity contribution in [1.29, 1.82) is 0 Å². The highest BCUT2D eigenvalue weighted by Crippen LogP contribution is 2.30. The van der Waals surface area contributed by atoms with E-state index >= 15 is 0 Å². The van der Waals surface area contributed by atoms with Crippen LogP contribution < -0.4 is 10.6 Å². The summed E-state index contributed by atoms with van der Waals surface area (Å²) in [7, 11) is 1.76. The normalized spacial score (nSPS) is 18.0. The fraction of sp³-hybridized carbons (Fsp3) is 0.294. The minimum atomic E-state index is -0.275. The van der Waals surface area contributed by atoms with Crippen LogP contribution in [-0.4, -0.2) is 63.9 Å². The number of nitrogens with one attached hydrogen (secondary N) is 2. The third-order valence-electron chi connectivity index (χ3n) is 4.77. The monoisotopic (exact) mass is 338 g/mol. The van der Waals surface area contributed by atoms with Crippen molar-refractivity contribution in [2.75, 3.05) is 32.0 Å². The zero-order valence-electron chi connectivity index (χ0n) is 13.8. The average Bonchev–Trinajstić information content (AvgIpc) is 2.90. The molecule has 3 heterocycles. The van der Waals surface area contributed by atoms with E-state index in [1.807, 2.05) is 30.3 Å². The zero-order valence-corrected chi connectivity index (χ0v) is 13.8. The number of amides is 3. The number of carbonyl (C=O) groups is 2. The fourth-order valence-electron chi connectivity index (χ4n) is 3.16. The topological polar surface area (TPSA) is 90.5 Å². The lowest BCUT2D eigenvalue weighted by Gasteiger charge is -2.50. The number of urea groups is 1. The van der Waals surface area contributed by atoms with E-state index in [1.165, 1.54) is 12.4 Å². The Balaban J connectivity index is 1.40. The van der Waals surface area contributed by atoms with Gasteiger partial charge in [0.15, 0.2) is 0 Å². The maximum absolute atomic E-state index is 12.5. The second-order valence-corrected chi connectivity index (χ2v) is 6.39. The Morgan fingerprint density at radius 2 is 1.88 bits per heavy atom. The summed E-state index contributed by atoms with van der Waals surface area (Å²) in [4.78, 5) is 35.9. The summed E-state index contributed by atoms with van der Waals surface area (Å²) in [6.07, 6.45) is 3.04. The number of carbonyl (C=O) groups excluding carboxylic acids is 2. The number of likely N-dealkylation sites (N-methyl/N-ethyl adjacent to an activating group) is 1. The molecule has 2 aliphatic heterocycles. The van der Waals surface area contributed by atoms with Gasteiger partial charge in [0.2, 0.25) is 5.95 Å². The van der Waals surface area contributed by atoms with Gasteiger partial charge < -0.3 is 20.4 Å². The number of aromatic nitrogens is 2. The van der Waals surface area contributed by atoms with Crippen LogP contribution in [0.1, 0.15) is 10.4 Å². The summed E-state index contributed by atoms with van der Waals surface area (Å²) in [5.74, 6) is 0.317. The molecule has 8 heteroatoms. The second kappa shape index (κ2) is 5.73. The maximum atomic E-state index is 12.5. The van der Waals surface area contributed by atoms with Crippen molar-refractivity contribution in [2.45, 2.75) is 5.54 Å². The van der Waals surface area contributed by atoms with Gasteiger partial charge in [0.25, 0.3) is 5.91 Å². The maximum Gasteiger partial charge on any atom is 0.317 e. The van der Waals surface area contributed by atoms with E-state index in [1.54, 1.807) is 16.8 Å². The van der Waals surface area contributed by atoms with E-state index in [9.17, 15) is 9.59 Å². The minimum absolute atomic E-state index is 0.0910. The molecular weight excluding hydrogens is 320 g/mol. The molecule has 4 rings (SSSR count). The molecule has 2 aliphatic rings. The van der Waals surface area contributed by atoms with Crippen molar-refractivity contribution in [2.24, 2.45) is 0 Å². The van der Waals surface area contributed by atoms with Gasteiger partial charge in [-0.05, 0) is 12.1 Å². The SMILES string of the molecule is CN1C(=O)NCC12CN(C(=O)c1cnc(Nc3ccccc3)nc1)C2. The van der Waals surface area contributed by atoms with E-state index in [0.29, 0.717) is 31.1 Å². The number of anilines is 2. The highest BCUT2D eigenvalue weighted by molar-refractivity contribution is 5.95. The summed E-state index contributed by atoms with van der Waals surface area (Å²) < 4.78 is 0. The van der Waals surface area contributed by atoms with E-state index < -0.39 is 0 Å². The molecule has 0 aliphatic carbocycles. The van der Waals surface area contributed by atoms with Gasteiger partial charge >= 0.3 is 6.03 Å². The van der Waals surface area contributed by atoms with E-state index in [2.05, 4.69) is 20.6 Å². The number of likely N-dealkylation sites (tertiary alicyclic amines) is 1. The lowest BCUT2D eigenvalue weighted by molar-refractivity contribution is 0.00771. The van der Waals surface area contributed by atoms with Gasteiger partial charge in [0.05, 0.1) is 11.1 Å². The first-order valence-corrected chi connectivity index (χ1v) is 8.02. The van der Waals surface area contributed by atoms with Crippen LogP contribution in [0.2, 0.25) is 0 Å². The second-order valence-electron chi connectivity index (χ2n) is 6.39. The van der Waals surface area contributed by atoms with Gasteiger partial charge in [-0.25, -0.2) is 14.8 Å². The summed E-state index contributed by atoms with van der Waals surface area (Å²) in [5.41, 5.74) is 1.05. The molecule has 2 aromatic rings. The Hall–Kier alpha value is -3.16. The largest absolute Gasteiger partial charge is 0.335 e. The Bertz CT molecular complexity index is 802. The molecule has 0 saturated carbocycles. The molecule has 0 unspecified atom stereocenters. The smallest absolute Gasteiger partial charge is 0.317 e. The molecule has 2 saturated heterocycles. The summed E-state index contributed by atoms with van der Waals surface area (Å²) in [6.45, 7) is 1.61. The van der Waals surface area contributed by atoms with Crippen molar-refractivity contribution < 1.29 is 9.59 Å². The predicted molar refractivity (Wildman–Crippen MR) is 91.6 cm³/mol. The molecule has 8 nitrogen and oxygen atoms in total. The number of hydrogen-bond donors (Lipinski definition) is 2. The minimum Gasteiger partial charge on any atom is -0.335 e. The van der Waals surface area contributed by atoms with Crippen LogP contribution in [0.3, 0.4) is 0 Å². The third-order valence-corrected chi connectivity index (χ3v) is 4.77. The van der Waals surface area contributed by atoms with Gasteiger partial charge in [0.1, 0.15) is 0 Å². The standard InChI is InChI=1S/C17H18N6O2/c1-22-16(25)20-9-17(22)10-23(11-17)14(24)12-7-18-15(19-8-12)21-13-5-3-2-4-6-13/h2-8H,9-11H2,1H3,(H,20,25)(H,18,19,21). The quantitative estimate of drug-likeness (QED) is 0.874. The fourth-order valence-corrected chi connectivity index (χ4v) is 3.16. The van der Waals surface area contributed by atoms with Crippen LogP contribution in [0.25, 0.3) is 0 Å². The van der Waals surface area contributed by atoms with Gasteiger partial charge in [-0.15, -0.1) is 0 Å². The molecule has 1 aromatic heterocycles. The van der Waals surface area contributed by atoms with Gasteiger partial charge in [-0.3, -0.25) is 4.79 Å². The van der Waals surface area contributed by atoms with Crippen molar-refractivity contribution in [3.8, 4) is 0 Å². The number of benzene rings is 1. The molecule has 0 radical (unpaired) electrons. The van der Waals surface area contributed by atoms with E-state index in [4.69, 9.17) is 0 Å². The van der Waals surface area contributed by atoms with Crippen LogP contribution >= 0.6 is 0 Å². The zero-order chi connectivity index (χ0) is 17.4. The molecule has 2 fully saturated rings. The Kier molecular flexibility index (Phi) is 3.52. The van der Waals surface area contributed by atoms with Crippen molar-refractivity contribution in [3.63, 3.8) is 0 Å². The lowest BCUT2D eigenvalue weighted by atomic mass is 9.89. The Labute approximate surface area is 144 Å². The van der Waals surface area contributed by atoms with Crippen LogP contribution in [0, 0.1) is 0 Å². The summed E-state index contributed by atoms with van der Waals surface area (Å²) in [6, 6.07) is 9.49. The van der Waals surface area contributed by atoms with E-state index in [0.717, 1.165) is 5.69 Å². The highest BCUT2D eigenvalue weighted by Gasteiger charge is 2.53. The Morgan fingerprint density at radius 3 is 2.48 bits per heavy atom.